The number of anilines is 1. The minimum Gasteiger partial charge on any atom is -0.455 e. The molecule has 9 heteroatoms. The summed E-state index contributed by atoms with van der Waals surface area (Å²) < 4.78 is 20.4. The van der Waals surface area contributed by atoms with Crippen LogP contribution in [-0.4, -0.2) is 46.8 Å². The van der Waals surface area contributed by atoms with Gasteiger partial charge in [-0.15, -0.1) is 0 Å². The molecule has 4 aromatic rings. The first kappa shape index (κ1) is 26.1. The summed E-state index contributed by atoms with van der Waals surface area (Å²) in [7, 11) is 0. The fourth-order valence-corrected chi connectivity index (χ4v) is 4.78. The summed E-state index contributed by atoms with van der Waals surface area (Å²) in [5.41, 5.74) is 2.64. The Bertz CT molecular complexity index is 1420. The predicted molar refractivity (Wildman–Crippen MR) is 146 cm³/mol. The Morgan fingerprint density at radius 3 is 2.23 bits per heavy atom. The van der Waals surface area contributed by atoms with E-state index in [0.717, 1.165) is 11.3 Å². The van der Waals surface area contributed by atoms with Crippen LogP contribution in [0.25, 0.3) is 0 Å². The Morgan fingerprint density at radius 1 is 0.846 bits per heavy atom. The lowest BCUT2D eigenvalue weighted by molar-refractivity contribution is -0.384. The van der Waals surface area contributed by atoms with Gasteiger partial charge in [-0.05, 0) is 35.9 Å². The minimum atomic E-state index is -0.418. The van der Waals surface area contributed by atoms with Gasteiger partial charge in [-0.1, -0.05) is 48.5 Å². The van der Waals surface area contributed by atoms with Gasteiger partial charge in [0.25, 0.3) is 11.6 Å². The summed E-state index contributed by atoms with van der Waals surface area (Å²) in [6.45, 7) is 3.68. The summed E-state index contributed by atoms with van der Waals surface area (Å²) in [6.07, 6.45) is 0. The van der Waals surface area contributed by atoms with Crippen LogP contribution in [0.1, 0.15) is 27.4 Å². The topological polar surface area (TPSA) is 83.1 Å². The largest absolute Gasteiger partial charge is 0.455 e. The molecule has 39 heavy (non-hydrogen) atoms. The molecule has 0 N–H and O–H groups in total. The Labute approximate surface area is 226 Å². The monoisotopic (exact) mass is 528 g/mol. The van der Waals surface area contributed by atoms with Gasteiger partial charge in [-0.3, -0.25) is 19.8 Å². The van der Waals surface area contributed by atoms with E-state index < -0.39 is 4.92 Å². The molecular formula is C30H29FN4O4. The third-order valence-electron chi connectivity index (χ3n) is 6.85. The summed E-state index contributed by atoms with van der Waals surface area (Å²) >= 11 is 0. The summed E-state index contributed by atoms with van der Waals surface area (Å²) in [4.78, 5) is 29.6. The molecule has 3 aromatic carbocycles. The molecule has 0 unspecified atom stereocenters. The second-order valence-electron chi connectivity index (χ2n) is 9.54. The molecule has 200 valence electrons. The van der Waals surface area contributed by atoms with Crippen molar-refractivity contribution in [2.24, 2.45) is 0 Å². The normalized spacial score (nSPS) is 13.6. The molecule has 1 aliphatic heterocycles. The number of non-ortho nitro benzene ring substituents is 1. The van der Waals surface area contributed by atoms with Crippen LogP contribution in [0, 0.1) is 15.9 Å². The van der Waals surface area contributed by atoms with E-state index in [4.69, 9.17) is 4.42 Å². The van der Waals surface area contributed by atoms with Crippen LogP contribution in [0.3, 0.4) is 0 Å². The Balaban J connectivity index is 1.22. The molecule has 1 aromatic heterocycles. The number of nitro groups is 1. The van der Waals surface area contributed by atoms with E-state index in [0.29, 0.717) is 57.1 Å². The van der Waals surface area contributed by atoms with Crippen LogP contribution >= 0.6 is 0 Å². The molecule has 0 saturated carbocycles. The molecule has 1 aliphatic rings. The second kappa shape index (κ2) is 11.9. The van der Waals surface area contributed by atoms with Crippen molar-refractivity contribution in [3.63, 3.8) is 0 Å². The number of halogens is 1. The number of nitro benzene ring substituents is 1. The maximum absolute atomic E-state index is 14.4. The number of rotatable bonds is 9. The first-order valence-corrected chi connectivity index (χ1v) is 12.8. The first-order chi connectivity index (χ1) is 19.0. The zero-order valence-corrected chi connectivity index (χ0v) is 21.4. The van der Waals surface area contributed by atoms with Crippen molar-refractivity contribution in [2.75, 3.05) is 31.1 Å². The van der Waals surface area contributed by atoms with Gasteiger partial charge in [-0.2, -0.15) is 0 Å². The first-order valence-electron chi connectivity index (χ1n) is 12.8. The van der Waals surface area contributed by atoms with Crippen LogP contribution in [0.5, 0.6) is 0 Å². The van der Waals surface area contributed by atoms with Gasteiger partial charge in [0.05, 0.1) is 11.5 Å². The van der Waals surface area contributed by atoms with E-state index in [-0.39, 0.29) is 23.2 Å². The third kappa shape index (κ3) is 6.50. The Morgan fingerprint density at radius 2 is 1.54 bits per heavy atom. The average Bonchev–Trinajstić information content (AvgIpc) is 3.43. The number of hydrogen-bond donors (Lipinski definition) is 0. The average molecular weight is 529 g/mol. The lowest BCUT2D eigenvalue weighted by Crippen LogP contribution is -2.48. The zero-order chi connectivity index (χ0) is 27.2. The van der Waals surface area contributed by atoms with E-state index in [2.05, 4.69) is 9.80 Å². The van der Waals surface area contributed by atoms with Crippen LogP contribution in [0.15, 0.2) is 95.4 Å². The molecule has 8 nitrogen and oxygen atoms in total. The van der Waals surface area contributed by atoms with Crippen molar-refractivity contribution in [1.29, 1.82) is 0 Å². The second-order valence-corrected chi connectivity index (χ2v) is 9.54. The van der Waals surface area contributed by atoms with Crippen molar-refractivity contribution in [1.82, 2.24) is 9.80 Å². The fourth-order valence-electron chi connectivity index (χ4n) is 4.78. The smallest absolute Gasteiger partial charge is 0.289 e. The van der Waals surface area contributed by atoms with Crippen LogP contribution in [-0.2, 0) is 19.6 Å². The van der Waals surface area contributed by atoms with Crippen molar-refractivity contribution in [3.8, 4) is 0 Å². The minimum absolute atomic E-state index is 0.0532. The molecule has 5 rings (SSSR count). The highest BCUT2D eigenvalue weighted by molar-refractivity contribution is 5.91. The van der Waals surface area contributed by atoms with Crippen molar-refractivity contribution in [2.45, 2.75) is 19.6 Å². The van der Waals surface area contributed by atoms with E-state index in [1.165, 1.54) is 18.2 Å². The molecule has 0 spiro atoms. The summed E-state index contributed by atoms with van der Waals surface area (Å²) in [6, 6.07) is 26.7. The predicted octanol–water partition coefficient (Wildman–Crippen LogP) is 5.49. The molecule has 1 saturated heterocycles. The van der Waals surface area contributed by atoms with Crippen molar-refractivity contribution >= 4 is 17.3 Å². The molecule has 0 aliphatic carbocycles. The lowest BCUT2D eigenvalue weighted by atomic mass is 10.1. The maximum Gasteiger partial charge on any atom is 0.289 e. The molecule has 1 fully saturated rings. The zero-order valence-electron chi connectivity index (χ0n) is 21.4. The highest BCUT2D eigenvalue weighted by atomic mass is 19.1. The molecule has 1 amide bonds. The van der Waals surface area contributed by atoms with Crippen LogP contribution < -0.4 is 4.90 Å². The molecular weight excluding hydrogens is 499 g/mol. The van der Waals surface area contributed by atoms with E-state index in [9.17, 15) is 19.3 Å². The van der Waals surface area contributed by atoms with Gasteiger partial charge in [-0.25, -0.2) is 4.39 Å². The quantitative estimate of drug-likeness (QED) is 0.211. The molecule has 0 radical (unpaired) electrons. The highest BCUT2D eigenvalue weighted by Gasteiger charge is 2.25. The molecule has 2 heterocycles. The Hall–Kier alpha value is -4.50. The fraction of sp³-hybridized carbons (Fsp3) is 0.233. The number of furan rings is 1. The van der Waals surface area contributed by atoms with Gasteiger partial charge >= 0.3 is 0 Å². The van der Waals surface area contributed by atoms with Gasteiger partial charge < -0.3 is 14.2 Å². The number of carbonyl (C=O) groups is 1. The number of amides is 1. The van der Waals surface area contributed by atoms with Gasteiger partial charge in [0, 0.05) is 62.7 Å². The lowest BCUT2D eigenvalue weighted by Gasteiger charge is -2.35. The van der Waals surface area contributed by atoms with E-state index in [1.54, 1.807) is 41.3 Å². The standard InChI is InChI=1S/C30H29FN4O4/c31-28-9-5-4-8-24(28)21-32(20-23-6-2-1-3-7-23)22-27-14-15-29(39-27)30(36)34-18-16-33(17-19-34)25-10-12-26(13-11-25)35(37)38/h1-15H,16-22H2. The van der Waals surface area contributed by atoms with Gasteiger partial charge in [0.2, 0.25) is 0 Å². The summed E-state index contributed by atoms with van der Waals surface area (Å²) in [5, 5.41) is 10.9. The van der Waals surface area contributed by atoms with Gasteiger partial charge in [0.1, 0.15) is 11.6 Å². The number of carbonyl (C=O) groups excluding carboxylic acids is 1. The maximum atomic E-state index is 14.4. The van der Waals surface area contributed by atoms with E-state index in [1.807, 2.05) is 36.4 Å². The summed E-state index contributed by atoms with van der Waals surface area (Å²) in [5.74, 6) is 0.488. The van der Waals surface area contributed by atoms with Crippen molar-refractivity contribution < 1.29 is 18.5 Å². The molecule has 0 atom stereocenters. The number of nitrogens with zero attached hydrogens (tertiary/aromatic N) is 4. The van der Waals surface area contributed by atoms with Crippen molar-refractivity contribution in [3.05, 3.63) is 130 Å². The number of benzene rings is 3. The van der Waals surface area contributed by atoms with Crippen LogP contribution in [0.2, 0.25) is 0 Å². The molecule has 0 bridgehead atoms. The number of piperazine rings is 1. The van der Waals surface area contributed by atoms with E-state index >= 15 is 0 Å². The Kier molecular flexibility index (Phi) is 7.98. The van der Waals surface area contributed by atoms with Crippen LogP contribution in [0.4, 0.5) is 15.8 Å². The third-order valence-corrected chi connectivity index (χ3v) is 6.85. The number of hydrogen-bond acceptors (Lipinski definition) is 6. The highest BCUT2D eigenvalue weighted by Crippen LogP contribution is 2.22. The SMILES string of the molecule is O=C(c1ccc(CN(Cc2ccccc2)Cc2ccccc2F)o1)N1CCN(c2ccc([N+](=O)[O-])cc2)CC1. The van der Waals surface area contributed by atoms with Gasteiger partial charge in [0.15, 0.2) is 5.76 Å².